The first-order chi connectivity index (χ1) is 21.8. The Morgan fingerprint density at radius 3 is 0.846 bits per heavy atom. The number of nitrogens with zero attached hydrogens (tertiary/aromatic N) is 1. The SMILES string of the molecule is O=S(=O)(N(F)C(F)(F)C(F)(F)C(F)(F)[Si](OC(F)(F)C(F)(F)F)(OC(F)(F)C(F)(F)F)OC(F)(F)C(F)(F)F)C(F)(F)C(F)(F)C(F)(F)C(F)(F)F. The van der Waals surface area contributed by atoms with E-state index in [-0.39, 0.29) is 0 Å². The van der Waals surface area contributed by atoms with E-state index in [1.165, 1.54) is 0 Å². The van der Waals surface area contributed by atoms with Gasteiger partial charge in [-0.25, -0.2) is 8.42 Å². The zero-order valence-electron chi connectivity index (χ0n) is 21.6. The van der Waals surface area contributed by atoms with Crippen LogP contribution in [0.2, 0.25) is 0 Å². The van der Waals surface area contributed by atoms with Gasteiger partial charge in [0, 0.05) is 4.53 Å². The third-order valence-electron chi connectivity index (χ3n) is 4.81. The Hall–Kier alpha value is -2.16. The van der Waals surface area contributed by atoms with Crippen molar-refractivity contribution in [1.82, 2.24) is 4.53 Å². The van der Waals surface area contributed by atoms with Crippen LogP contribution in [0.3, 0.4) is 0 Å². The van der Waals surface area contributed by atoms with Crippen molar-refractivity contribution in [2.75, 3.05) is 0 Å². The van der Waals surface area contributed by atoms with Gasteiger partial charge in [0.15, 0.2) is 0 Å². The van der Waals surface area contributed by atoms with Gasteiger partial charge in [0.05, 0.1) is 0 Å². The van der Waals surface area contributed by atoms with Gasteiger partial charge in [0.2, 0.25) is 0 Å². The summed E-state index contributed by atoms with van der Waals surface area (Å²) in [4.78, 5) is 0. The fraction of sp³-hybridized carbons (Fsp3) is 1.00. The Bertz CT molecular complexity index is 1320. The van der Waals surface area contributed by atoms with E-state index in [0.717, 1.165) is 13.3 Å². The second-order valence-electron chi connectivity index (χ2n) is 8.48. The van der Waals surface area contributed by atoms with Crippen LogP contribution >= 0.6 is 0 Å². The number of alkyl halides is 30. The molecule has 0 spiro atoms. The van der Waals surface area contributed by atoms with Crippen LogP contribution in [0.15, 0.2) is 0 Å². The lowest BCUT2D eigenvalue weighted by Crippen LogP contribution is -2.79. The average Bonchev–Trinajstić information content (AvgIpc) is 2.83. The fourth-order valence-corrected chi connectivity index (χ4v) is 5.67. The summed E-state index contributed by atoms with van der Waals surface area (Å²) < 4.78 is 430. The van der Waals surface area contributed by atoms with Crippen LogP contribution in [0.4, 0.5) is 136 Å². The van der Waals surface area contributed by atoms with Crippen LogP contribution in [0.25, 0.3) is 0 Å². The third-order valence-corrected chi connectivity index (χ3v) is 9.02. The lowest BCUT2D eigenvalue weighted by molar-refractivity contribution is -0.438. The van der Waals surface area contributed by atoms with Crippen LogP contribution in [-0.2, 0) is 23.3 Å². The van der Waals surface area contributed by atoms with Crippen molar-refractivity contribution < 1.29 is 158 Å². The maximum Gasteiger partial charge on any atom is 0.595 e. The van der Waals surface area contributed by atoms with Gasteiger partial charge in [0.25, 0.3) is 0 Å². The minimum atomic E-state index is -11.7. The molecule has 0 rings (SSSR count). The van der Waals surface area contributed by atoms with Gasteiger partial charge in [-0.1, -0.05) is 0 Å². The molecule has 0 aliphatic heterocycles. The highest BCUT2D eigenvalue weighted by Gasteiger charge is 2.94. The number of rotatable bonds is 14. The zero-order valence-corrected chi connectivity index (χ0v) is 23.4. The molecule has 39 heteroatoms. The predicted molar refractivity (Wildman–Crippen MR) is 89.6 cm³/mol. The molecule has 0 amide bonds. The van der Waals surface area contributed by atoms with Gasteiger partial charge >= 0.3 is 96.5 Å². The minimum absolute atomic E-state index is 1.10. The van der Waals surface area contributed by atoms with E-state index in [2.05, 4.69) is 0 Å². The van der Waals surface area contributed by atoms with E-state index in [9.17, 15) is 145 Å². The van der Waals surface area contributed by atoms with Crippen molar-refractivity contribution in [2.24, 2.45) is 0 Å². The molecule has 0 bridgehead atoms. The largest absolute Gasteiger partial charge is 0.595 e. The predicted octanol–water partition coefficient (Wildman–Crippen LogP) is 8.79. The smallest absolute Gasteiger partial charge is 0.302 e. The van der Waals surface area contributed by atoms with E-state index >= 15 is 0 Å². The Morgan fingerprint density at radius 1 is 0.385 bits per heavy atom. The molecule has 0 heterocycles. The molecule has 314 valence electrons. The maximum atomic E-state index is 14.8. The standard InChI is InChI=1S/C13F31NO5SSi/c14-1(15,4(20,21)22)2(16,17)12(40,41)51(46,47)45(44)8(32,33)3(18,19)13(42,43)52(48-9(34,35)5(23,24)25,49-10(36,37)6(26,27)28)50-11(38,39)7(29,30)31. The molecule has 0 aromatic rings. The van der Waals surface area contributed by atoms with E-state index < -0.39 is 101 Å². The summed E-state index contributed by atoms with van der Waals surface area (Å²) in [5.74, 6) is -27.7. The Labute approximate surface area is 260 Å². The van der Waals surface area contributed by atoms with Gasteiger partial charge in [0.1, 0.15) is 0 Å². The van der Waals surface area contributed by atoms with Crippen molar-refractivity contribution in [3.8, 4) is 0 Å². The van der Waals surface area contributed by atoms with Gasteiger partial charge in [-0.15, -0.1) is 4.48 Å². The molecule has 0 saturated carbocycles. The fourth-order valence-electron chi connectivity index (χ4n) is 2.20. The molecule has 0 unspecified atom stereocenters. The van der Waals surface area contributed by atoms with E-state index in [0.29, 0.717) is 0 Å². The lowest BCUT2D eigenvalue weighted by Gasteiger charge is -2.44. The van der Waals surface area contributed by atoms with E-state index in [1.54, 1.807) is 0 Å². The Morgan fingerprint density at radius 2 is 0.635 bits per heavy atom. The van der Waals surface area contributed by atoms with Gasteiger partial charge in [-0.05, 0) is 0 Å². The van der Waals surface area contributed by atoms with Gasteiger partial charge in [-0.3, -0.25) is 0 Å². The third kappa shape index (κ3) is 7.56. The monoisotopic (exact) mass is 899 g/mol. The summed E-state index contributed by atoms with van der Waals surface area (Å²) in [6.45, 7) is 0. The topological polar surface area (TPSA) is 65.1 Å². The molecule has 0 radical (unpaired) electrons. The normalized spacial score (nSPS) is 16.9. The van der Waals surface area contributed by atoms with Gasteiger partial charge < -0.3 is 13.3 Å². The second-order valence-corrected chi connectivity index (χ2v) is 12.6. The lowest BCUT2D eigenvalue weighted by atomic mass is 10.1. The van der Waals surface area contributed by atoms with E-state index in [4.69, 9.17) is 0 Å². The molecule has 0 saturated heterocycles. The quantitative estimate of drug-likeness (QED) is 0.0756. The van der Waals surface area contributed by atoms with Crippen molar-refractivity contribution in [3.05, 3.63) is 0 Å². The molecule has 0 N–H and O–H groups in total. The molecular formula is C13F31NO5SSi. The molecule has 0 fully saturated rings. The second kappa shape index (κ2) is 12.7. The van der Waals surface area contributed by atoms with Crippen molar-refractivity contribution >= 4 is 18.8 Å². The number of halogens is 31. The number of hydrogen-bond donors (Lipinski definition) is 0. The summed E-state index contributed by atoms with van der Waals surface area (Å²) in [5, 5.41) is -9.17. The van der Waals surface area contributed by atoms with Crippen LogP contribution in [0.1, 0.15) is 0 Å². The molecular weight excluding hydrogens is 899 g/mol. The number of hydrogen-bond acceptors (Lipinski definition) is 5. The van der Waals surface area contributed by atoms with Crippen molar-refractivity contribution in [2.45, 2.75) is 77.6 Å². The van der Waals surface area contributed by atoms with Crippen molar-refractivity contribution in [1.29, 1.82) is 0 Å². The molecule has 52 heavy (non-hydrogen) atoms. The highest BCUT2D eigenvalue weighted by molar-refractivity contribution is 7.90. The molecule has 0 atom stereocenters. The highest BCUT2D eigenvalue weighted by atomic mass is 32.2. The van der Waals surface area contributed by atoms with Crippen LogP contribution < -0.4 is 0 Å². The van der Waals surface area contributed by atoms with Crippen molar-refractivity contribution in [3.63, 3.8) is 0 Å². The minimum Gasteiger partial charge on any atom is -0.302 e. The zero-order chi connectivity index (χ0) is 43.2. The first-order valence-corrected chi connectivity index (χ1v) is 13.4. The summed E-state index contributed by atoms with van der Waals surface area (Å²) >= 11 is 0. The molecule has 0 aromatic carbocycles. The first-order valence-electron chi connectivity index (χ1n) is 10.3. The first kappa shape index (κ1) is 49.8. The summed E-state index contributed by atoms with van der Waals surface area (Å²) in [7, 11) is -21.9. The average molecular weight is 899 g/mol. The summed E-state index contributed by atoms with van der Waals surface area (Å²) in [6, 6.07) is -9.61. The molecule has 0 aromatic heterocycles. The summed E-state index contributed by atoms with van der Waals surface area (Å²) in [5.41, 5.74) is -9.87. The summed E-state index contributed by atoms with van der Waals surface area (Å²) in [6.07, 6.45) is -59.2. The Kier molecular flexibility index (Phi) is 12.2. The highest BCUT2D eigenvalue weighted by Crippen LogP contribution is 2.61. The molecule has 6 nitrogen and oxygen atoms in total. The van der Waals surface area contributed by atoms with Gasteiger partial charge in [-0.2, -0.15) is 132 Å². The number of sulfonamides is 1. The maximum absolute atomic E-state index is 14.8. The van der Waals surface area contributed by atoms with Crippen LogP contribution in [-0.4, -0.2) is 99.4 Å². The van der Waals surface area contributed by atoms with Crippen LogP contribution in [0.5, 0.6) is 0 Å². The molecule has 0 aliphatic rings. The van der Waals surface area contributed by atoms with Crippen LogP contribution in [0, 0.1) is 0 Å². The van der Waals surface area contributed by atoms with E-state index in [1.807, 2.05) is 0 Å². The molecule has 0 aliphatic carbocycles. The Balaban J connectivity index is 8.40.